The highest BCUT2D eigenvalue weighted by molar-refractivity contribution is 5.81. The van der Waals surface area contributed by atoms with Crippen LogP contribution in [0.5, 0.6) is 0 Å². The molecule has 0 amide bonds. The average Bonchev–Trinajstić information content (AvgIpc) is 2.90. The number of hydrogen-bond donors (Lipinski definition) is 2. The fourth-order valence-corrected chi connectivity index (χ4v) is 2.57. The van der Waals surface area contributed by atoms with Crippen LogP contribution in [0.1, 0.15) is 17.5 Å². The van der Waals surface area contributed by atoms with Crippen LogP contribution >= 0.6 is 0 Å². The Labute approximate surface area is 120 Å². The molecular weight excluding hydrogens is 272 g/mol. The van der Waals surface area contributed by atoms with Crippen molar-refractivity contribution in [3.63, 3.8) is 0 Å². The average molecular weight is 286 g/mol. The fourth-order valence-electron chi connectivity index (χ4n) is 2.57. The van der Waals surface area contributed by atoms with E-state index in [-0.39, 0.29) is 6.42 Å². The highest BCUT2D eigenvalue weighted by atomic mass is 16.5. The number of aliphatic carboxylic acids is 1. The molecule has 21 heavy (non-hydrogen) atoms. The van der Waals surface area contributed by atoms with Gasteiger partial charge in [-0.2, -0.15) is 0 Å². The van der Waals surface area contributed by atoms with E-state index in [4.69, 9.17) is 9.63 Å². The van der Waals surface area contributed by atoms with Crippen LogP contribution in [-0.4, -0.2) is 28.6 Å². The molecule has 0 saturated carbocycles. The first-order chi connectivity index (χ1) is 10.2. The van der Waals surface area contributed by atoms with E-state index in [2.05, 4.69) is 10.5 Å². The van der Waals surface area contributed by atoms with Crippen molar-refractivity contribution in [3.05, 3.63) is 35.4 Å². The first kappa shape index (κ1) is 13.4. The third-order valence-electron chi connectivity index (χ3n) is 3.64. The van der Waals surface area contributed by atoms with Crippen molar-refractivity contribution in [2.45, 2.75) is 25.3 Å². The number of benzene rings is 1. The van der Waals surface area contributed by atoms with Crippen LogP contribution in [0.15, 0.2) is 28.8 Å². The summed E-state index contributed by atoms with van der Waals surface area (Å²) < 4.78 is 5.38. The number of carboxylic acids is 1. The Balaban J connectivity index is 1.93. The summed E-state index contributed by atoms with van der Waals surface area (Å²) in [6, 6.07) is 6.91. The standard InChI is InChI=1S/C15H14N2O4/c18-8-7-12(15(19)20)16-14-11-6-5-9-3-1-2-4-10(9)13(11)21-17-14/h1-4,8,12H,5-7H2,(H,16,17)(H,19,20)/t12-/m0/s1. The van der Waals surface area contributed by atoms with Crippen LogP contribution in [0.25, 0.3) is 11.3 Å². The van der Waals surface area contributed by atoms with Crippen molar-refractivity contribution in [1.29, 1.82) is 0 Å². The van der Waals surface area contributed by atoms with Crippen LogP contribution < -0.4 is 5.32 Å². The van der Waals surface area contributed by atoms with E-state index >= 15 is 0 Å². The molecule has 3 rings (SSSR count). The summed E-state index contributed by atoms with van der Waals surface area (Å²) in [5.74, 6) is -0.00148. The zero-order chi connectivity index (χ0) is 14.8. The number of aryl methyl sites for hydroxylation is 1. The van der Waals surface area contributed by atoms with Gasteiger partial charge in [-0.15, -0.1) is 0 Å². The molecule has 2 aromatic rings. The Kier molecular flexibility index (Phi) is 3.43. The van der Waals surface area contributed by atoms with Crippen molar-refractivity contribution in [2.24, 2.45) is 0 Å². The molecular formula is C15H14N2O4. The summed E-state index contributed by atoms with van der Waals surface area (Å²) in [7, 11) is 0. The summed E-state index contributed by atoms with van der Waals surface area (Å²) in [5.41, 5.74) is 3.04. The van der Waals surface area contributed by atoms with Crippen molar-refractivity contribution in [1.82, 2.24) is 5.16 Å². The predicted molar refractivity (Wildman–Crippen MR) is 75.1 cm³/mol. The fraction of sp³-hybridized carbons (Fsp3) is 0.267. The van der Waals surface area contributed by atoms with E-state index in [1.165, 1.54) is 5.56 Å². The molecule has 1 aliphatic carbocycles. The van der Waals surface area contributed by atoms with Crippen LogP contribution in [0.2, 0.25) is 0 Å². The number of rotatable bonds is 5. The van der Waals surface area contributed by atoms with Gasteiger partial charge in [0.1, 0.15) is 12.3 Å². The van der Waals surface area contributed by atoms with Crippen molar-refractivity contribution in [3.8, 4) is 11.3 Å². The minimum absolute atomic E-state index is 0.118. The lowest BCUT2D eigenvalue weighted by atomic mass is 9.90. The van der Waals surface area contributed by atoms with Gasteiger partial charge in [-0.1, -0.05) is 29.4 Å². The summed E-state index contributed by atoms with van der Waals surface area (Å²) in [4.78, 5) is 21.7. The number of anilines is 1. The molecule has 1 aliphatic rings. The van der Waals surface area contributed by atoms with Gasteiger partial charge in [0.2, 0.25) is 0 Å². The normalized spacial score (nSPS) is 13.9. The van der Waals surface area contributed by atoms with Crippen LogP contribution in [0.4, 0.5) is 5.82 Å². The van der Waals surface area contributed by atoms with E-state index in [9.17, 15) is 9.59 Å². The number of carboxylic acid groups (broad SMARTS) is 1. The molecule has 0 aliphatic heterocycles. The van der Waals surface area contributed by atoms with Crippen LogP contribution in [0, 0.1) is 0 Å². The molecule has 0 spiro atoms. The second-order valence-electron chi connectivity index (χ2n) is 4.93. The molecule has 2 N–H and O–H groups in total. The molecule has 1 aromatic heterocycles. The lowest BCUT2D eigenvalue weighted by Crippen LogP contribution is -2.30. The molecule has 6 heteroatoms. The van der Waals surface area contributed by atoms with E-state index in [1.54, 1.807) is 0 Å². The zero-order valence-corrected chi connectivity index (χ0v) is 11.2. The number of fused-ring (bicyclic) bond motifs is 3. The minimum Gasteiger partial charge on any atom is -0.480 e. The van der Waals surface area contributed by atoms with E-state index in [0.717, 1.165) is 24.0 Å². The van der Waals surface area contributed by atoms with Gasteiger partial charge in [-0.05, 0) is 18.4 Å². The minimum atomic E-state index is -1.09. The Hall–Kier alpha value is -2.63. The Morgan fingerprint density at radius 3 is 3.00 bits per heavy atom. The molecule has 108 valence electrons. The van der Waals surface area contributed by atoms with Gasteiger partial charge in [0, 0.05) is 17.5 Å². The highest BCUT2D eigenvalue weighted by Crippen LogP contribution is 2.37. The Morgan fingerprint density at radius 1 is 1.43 bits per heavy atom. The predicted octanol–water partition coefficient (Wildman–Crippen LogP) is 1.89. The number of aldehydes is 1. The number of nitrogens with one attached hydrogen (secondary N) is 1. The summed E-state index contributed by atoms with van der Waals surface area (Å²) in [6.07, 6.45) is 2.04. The van der Waals surface area contributed by atoms with E-state index < -0.39 is 12.0 Å². The van der Waals surface area contributed by atoms with Gasteiger partial charge in [0.05, 0.1) is 0 Å². The van der Waals surface area contributed by atoms with Gasteiger partial charge >= 0.3 is 5.97 Å². The van der Waals surface area contributed by atoms with Crippen molar-refractivity contribution < 1.29 is 19.2 Å². The third kappa shape index (κ3) is 2.40. The quantitative estimate of drug-likeness (QED) is 0.815. The maximum absolute atomic E-state index is 11.1. The van der Waals surface area contributed by atoms with E-state index in [0.29, 0.717) is 17.9 Å². The first-order valence-electron chi connectivity index (χ1n) is 6.70. The smallest absolute Gasteiger partial charge is 0.326 e. The molecule has 1 aromatic carbocycles. The van der Waals surface area contributed by atoms with Gasteiger partial charge in [0.25, 0.3) is 0 Å². The molecule has 1 heterocycles. The summed E-state index contributed by atoms with van der Waals surface area (Å²) in [6.45, 7) is 0. The molecule has 6 nitrogen and oxygen atoms in total. The molecule has 0 bridgehead atoms. The Morgan fingerprint density at radius 2 is 2.24 bits per heavy atom. The van der Waals surface area contributed by atoms with Crippen molar-refractivity contribution >= 4 is 18.1 Å². The third-order valence-corrected chi connectivity index (χ3v) is 3.64. The summed E-state index contributed by atoms with van der Waals surface area (Å²) >= 11 is 0. The van der Waals surface area contributed by atoms with Gasteiger partial charge in [-0.25, -0.2) is 4.79 Å². The lowest BCUT2D eigenvalue weighted by Gasteiger charge is -2.16. The lowest BCUT2D eigenvalue weighted by molar-refractivity contribution is -0.138. The first-order valence-corrected chi connectivity index (χ1v) is 6.70. The highest BCUT2D eigenvalue weighted by Gasteiger charge is 2.26. The SMILES string of the molecule is O=CC[C@H](Nc1noc2c1CCc1ccccc1-2)C(=O)O. The van der Waals surface area contributed by atoms with E-state index in [1.807, 2.05) is 24.3 Å². The maximum Gasteiger partial charge on any atom is 0.326 e. The molecule has 0 radical (unpaired) electrons. The number of carbonyl (C=O) groups is 2. The molecule has 0 saturated heterocycles. The van der Waals surface area contributed by atoms with Gasteiger partial charge < -0.3 is 19.7 Å². The maximum atomic E-state index is 11.1. The van der Waals surface area contributed by atoms with Crippen molar-refractivity contribution in [2.75, 3.05) is 5.32 Å². The summed E-state index contributed by atoms with van der Waals surface area (Å²) in [5, 5.41) is 15.8. The molecule has 0 unspecified atom stereocenters. The number of nitrogens with zero attached hydrogens (tertiary/aromatic N) is 1. The zero-order valence-electron chi connectivity index (χ0n) is 11.2. The number of hydrogen-bond acceptors (Lipinski definition) is 5. The van der Waals surface area contributed by atoms with Gasteiger partial charge in [-0.3, -0.25) is 0 Å². The molecule has 0 fully saturated rings. The van der Waals surface area contributed by atoms with Crippen LogP contribution in [0.3, 0.4) is 0 Å². The second kappa shape index (κ2) is 5.40. The Bertz CT molecular complexity index is 693. The van der Waals surface area contributed by atoms with Crippen LogP contribution in [-0.2, 0) is 22.4 Å². The topological polar surface area (TPSA) is 92.4 Å². The number of aromatic nitrogens is 1. The van der Waals surface area contributed by atoms with Gasteiger partial charge in [0.15, 0.2) is 11.6 Å². The second-order valence-corrected chi connectivity index (χ2v) is 4.93. The number of carbonyl (C=O) groups excluding carboxylic acids is 1. The largest absolute Gasteiger partial charge is 0.480 e. The molecule has 1 atom stereocenters. The monoisotopic (exact) mass is 286 g/mol.